The van der Waals surface area contributed by atoms with Crippen molar-refractivity contribution < 1.29 is 14.6 Å². The standard InChI is InChI=1S/C33H33N3O3/c1-2-3-4-5-6-10-22-39-27-20-21-28-31(23-27)36(32(35-28)29-14-11-15-30(34-29)33(37)38)26-18-16-25(17-19-26)24-12-8-7-9-13-24/h7-9,11-21,23H,2-6,10,22H2,1H3,(H,37,38). The van der Waals surface area contributed by atoms with Crippen LogP contribution >= 0.6 is 0 Å². The van der Waals surface area contributed by atoms with E-state index in [2.05, 4.69) is 48.3 Å². The number of benzene rings is 3. The minimum absolute atomic E-state index is 0.0199. The van der Waals surface area contributed by atoms with Gasteiger partial charge < -0.3 is 9.84 Å². The summed E-state index contributed by atoms with van der Waals surface area (Å²) in [5, 5.41) is 9.51. The Labute approximate surface area is 228 Å². The predicted molar refractivity (Wildman–Crippen MR) is 156 cm³/mol. The van der Waals surface area contributed by atoms with Crippen LogP contribution in [0, 0.1) is 0 Å². The van der Waals surface area contributed by atoms with Crippen LogP contribution in [-0.2, 0) is 0 Å². The molecule has 0 amide bonds. The number of imidazole rings is 1. The molecule has 2 heterocycles. The maximum absolute atomic E-state index is 11.6. The van der Waals surface area contributed by atoms with E-state index in [-0.39, 0.29) is 5.69 Å². The topological polar surface area (TPSA) is 77.2 Å². The number of hydrogen-bond acceptors (Lipinski definition) is 4. The number of pyridine rings is 1. The van der Waals surface area contributed by atoms with E-state index in [1.807, 2.05) is 41.0 Å². The SMILES string of the molecule is CCCCCCCCOc1ccc2nc(-c3cccc(C(=O)O)n3)n(-c3ccc(-c4ccccc4)cc3)c2c1. The first-order valence-corrected chi connectivity index (χ1v) is 13.7. The molecule has 0 saturated carbocycles. The van der Waals surface area contributed by atoms with Crippen LogP contribution < -0.4 is 4.74 Å². The van der Waals surface area contributed by atoms with Gasteiger partial charge in [0.15, 0.2) is 5.82 Å². The molecule has 0 aliphatic rings. The molecule has 1 N–H and O–H groups in total. The Kier molecular flexibility index (Phi) is 8.32. The number of carboxylic acids is 1. The molecule has 5 rings (SSSR count). The molecule has 0 radical (unpaired) electrons. The van der Waals surface area contributed by atoms with Crippen molar-refractivity contribution in [2.75, 3.05) is 6.61 Å². The summed E-state index contributed by atoms with van der Waals surface area (Å²) in [5.74, 6) is 0.294. The highest BCUT2D eigenvalue weighted by atomic mass is 16.5. The van der Waals surface area contributed by atoms with Gasteiger partial charge in [-0.2, -0.15) is 0 Å². The van der Waals surface area contributed by atoms with Crippen LogP contribution in [0.3, 0.4) is 0 Å². The molecule has 0 bridgehead atoms. The Morgan fingerprint density at radius 3 is 2.31 bits per heavy atom. The van der Waals surface area contributed by atoms with E-state index in [9.17, 15) is 9.90 Å². The highest BCUT2D eigenvalue weighted by molar-refractivity contribution is 5.87. The van der Waals surface area contributed by atoms with Crippen molar-refractivity contribution in [3.63, 3.8) is 0 Å². The van der Waals surface area contributed by atoms with Crippen molar-refractivity contribution in [3.05, 3.63) is 96.7 Å². The molecule has 2 aromatic heterocycles. The van der Waals surface area contributed by atoms with E-state index in [0.29, 0.717) is 18.1 Å². The minimum Gasteiger partial charge on any atom is -0.494 e. The summed E-state index contributed by atoms with van der Waals surface area (Å²) in [6.07, 6.45) is 7.26. The molecule has 0 spiro atoms. The number of hydrogen-bond donors (Lipinski definition) is 1. The lowest BCUT2D eigenvalue weighted by molar-refractivity contribution is 0.0690. The van der Waals surface area contributed by atoms with Crippen molar-refractivity contribution in [2.45, 2.75) is 45.4 Å². The quantitative estimate of drug-likeness (QED) is 0.168. The number of fused-ring (bicyclic) bond motifs is 1. The number of rotatable bonds is 12. The summed E-state index contributed by atoms with van der Waals surface area (Å²) in [6, 6.07) is 29.4. The van der Waals surface area contributed by atoms with Crippen molar-refractivity contribution in [1.82, 2.24) is 14.5 Å². The van der Waals surface area contributed by atoms with Gasteiger partial charge in [0.25, 0.3) is 0 Å². The number of carboxylic acid groups (broad SMARTS) is 1. The Hall–Kier alpha value is -4.45. The molecule has 3 aromatic carbocycles. The van der Waals surface area contributed by atoms with Gasteiger partial charge in [0.1, 0.15) is 17.1 Å². The lowest BCUT2D eigenvalue weighted by atomic mass is 10.1. The molecule has 0 aliphatic heterocycles. The smallest absolute Gasteiger partial charge is 0.354 e. The highest BCUT2D eigenvalue weighted by Gasteiger charge is 2.18. The Morgan fingerprint density at radius 1 is 0.795 bits per heavy atom. The third-order valence-electron chi connectivity index (χ3n) is 6.82. The molecule has 0 atom stereocenters. The number of unbranched alkanes of at least 4 members (excludes halogenated alkanes) is 5. The number of ether oxygens (including phenoxy) is 1. The average molecular weight is 520 g/mol. The minimum atomic E-state index is -1.07. The van der Waals surface area contributed by atoms with E-state index in [1.54, 1.807) is 12.1 Å². The number of nitrogens with zero attached hydrogens (tertiary/aromatic N) is 3. The van der Waals surface area contributed by atoms with Gasteiger partial charge in [-0.15, -0.1) is 0 Å². The summed E-state index contributed by atoms with van der Waals surface area (Å²) in [7, 11) is 0. The summed E-state index contributed by atoms with van der Waals surface area (Å²) in [5.41, 5.74) is 5.29. The van der Waals surface area contributed by atoms with Gasteiger partial charge in [-0.1, -0.05) is 87.6 Å². The molecule has 0 aliphatic carbocycles. The Morgan fingerprint density at radius 2 is 1.54 bits per heavy atom. The van der Waals surface area contributed by atoms with Gasteiger partial charge in [0.2, 0.25) is 0 Å². The van der Waals surface area contributed by atoms with Crippen LogP contribution in [0.4, 0.5) is 0 Å². The van der Waals surface area contributed by atoms with Crippen LogP contribution in [0.1, 0.15) is 55.9 Å². The first-order valence-electron chi connectivity index (χ1n) is 13.7. The maximum atomic E-state index is 11.6. The number of aromatic nitrogens is 3. The molecule has 39 heavy (non-hydrogen) atoms. The van der Waals surface area contributed by atoms with Gasteiger partial charge in [0, 0.05) is 11.8 Å². The molecular formula is C33H33N3O3. The molecule has 198 valence electrons. The maximum Gasteiger partial charge on any atom is 0.354 e. The summed E-state index contributed by atoms with van der Waals surface area (Å²) in [6.45, 7) is 2.90. The fourth-order valence-corrected chi connectivity index (χ4v) is 4.76. The van der Waals surface area contributed by atoms with E-state index in [1.165, 1.54) is 38.2 Å². The second-order valence-electron chi connectivity index (χ2n) is 9.66. The van der Waals surface area contributed by atoms with Crippen molar-refractivity contribution >= 4 is 17.0 Å². The van der Waals surface area contributed by atoms with Gasteiger partial charge in [-0.3, -0.25) is 4.57 Å². The zero-order valence-corrected chi connectivity index (χ0v) is 22.2. The molecule has 6 nitrogen and oxygen atoms in total. The van der Waals surface area contributed by atoms with Gasteiger partial charge in [0.05, 0.1) is 17.6 Å². The molecule has 0 saturated heterocycles. The number of carbonyl (C=O) groups is 1. The van der Waals surface area contributed by atoms with Crippen LogP contribution in [0.5, 0.6) is 5.75 Å². The normalized spacial score (nSPS) is 11.1. The van der Waals surface area contributed by atoms with Crippen molar-refractivity contribution in [1.29, 1.82) is 0 Å². The largest absolute Gasteiger partial charge is 0.494 e. The Balaban J connectivity index is 1.50. The van der Waals surface area contributed by atoms with E-state index < -0.39 is 5.97 Å². The zero-order chi connectivity index (χ0) is 27.0. The van der Waals surface area contributed by atoms with E-state index >= 15 is 0 Å². The van der Waals surface area contributed by atoms with Crippen molar-refractivity contribution in [2.24, 2.45) is 0 Å². The fourth-order valence-electron chi connectivity index (χ4n) is 4.76. The van der Waals surface area contributed by atoms with Crippen LogP contribution in [0.15, 0.2) is 91.0 Å². The molecule has 5 aromatic rings. The summed E-state index contributed by atoms with van der Waals surface area (Å²) in [4.78, 5) is 20.9. The lowest BCUT2D eigenvalue weighted by Crippen LogP contribution is -2.04. The summed E-state index contributed by atoms with van der Waals surface area (Å²) < 4.78 is 8.14. The third kappa shape index (κ3) is 6.17. The average Bonchev–Trinajstić information content (AvgIpc) is 3.36. The second-order valence-corrected chi connectivity index (χ2v) is 9.66. The summed E-state index contributed by atoms with van der Waals surface area (Å²) >= 11 is 0. The highest BCUT2D eigenvalue weighted by Crippen LogP contribution is 2.31. The fraction of sp³-hybridized carbons (Fsp3) is 0.242. The number of aromatic carboxylic acids is 1. The first kappa shape index (κ1) is 26.2. The van der Waals surface area contributed by atoms with Gasteiger partial charge in [-0.05, 0) is 53.9 Å². The van der Waals surface area contributed by atoms with Crippen molar-refractivity contribution in [3.8, 4) is 34.1 Å². The van der Waals surface area contributed by atoms with E-state index in [4.69, 9.17) is 9.72 Å². The van der Waals surface area contributed by atoms with Crippen LogP contribution in [-0.4, -0.2) is 32.2 Å². The predicted octanol–water partition coefficient (Wildman–Crippen LogP) is 8.19. The van der Waals surface area contributed by atoms with Crippen LogP contribution in [0.2, 0.25) is 0 Å². The van der Waals surface area contributed by atoms with E-state index in [0.717, 1.165) is 40.0 Å². The lowest BCUT2D eigenvalue weighted by Gasteiger charge is -2.12. The van der Waals surface area contributed by atoms with Crippen LogP contribution in [0.25, 0.3) is 39.4 Å². The van der Waals surface area contributed by atoms with Gasteiger partial charge in [-0.25, -0.2) is 14.8 Å². The molecule has 0 fully saturated rings. The second kappa shape index (κ2) is 12.4. The molecule has 6 heteroatoms. The molecule has 0 unspecified atom stereocenters. The third-order valence-corrected chi connectivity index (χ3v) is 6.82. The monoisotopic (exact) mass is 519 g/mol. The first-order chi connectivity index (χ1) is 19.1. The Bertz CT molecular complexity index is 1540. The molecular weight excluding hydrogens is 486 g/mol. The van der Waals surface area contributed by atoms with Gasteiger partial charge >= 0.3 is 5.97 Å². The zero-order valence-electron chi connectivity index (χ0n) is 22.2.